The first-order valence-corrected chi connectivity index (χ1v) is 6.79. The molecule has 0 atom stereocenters. The van der Waals surface area contributed by atoms with E-state index in [0.717, 1.165) is 31.4 Å². The summed E-state index contributed by atoms with van der Waals surface area (Å²) >= 11 is 11.5. The molecule has 18 heavy (non-hydrogen) atoms. The summed E-state index contributed by atoms with van der Waals surface area (Å²) in [5.74, 6) is -0.563. The Balaban J connectivity index is 1.98. The van der Waals surface area contributed by atoms with Crippen molar-refractivity contribution in [1.29, 1.82) is 0 Å². The van der Waals surface area contributed by atoms with Crippen molar-refractivity contribution in [2.75, 3.05) is 12.4 Å². The zero-order chi connectivity index (χ0) is 13.1. The summed E-state index contributed by atoms with van der Waals surface area (Å²) in [6, 6.07) is 3.52. The maximum absolute atomic E-state index is 13.3. The Morgan fingerprint density at radius 2 is 1.72 bits per heavy atom. The molecule has 0 aliphatic heterocycles. The number of ether oxygens (including phenoxy) is 1. The SMILES string of the molecule is COC1CCC(Nc2cc(Cl)c(F)c(Cl)c2)CC1. The van der Waals surface area contributed by atoms with Crippen LogP contribution in [-0.4, -0.2) is 19.3 Å². The van der Waals surface area contributed by atoms with Crippen LogP contribution >= 0.6 is 23.2 Å². The van der Waals surface area contributed by atoms with Crippen LogP contribution in [0.4, 0.5) is 10.1 Å². The second-order valence-corrected chi connectivity index (χ2v) is 5.42. The van der Waals surface area contributed by atoms with E-state index in [0.29, 0.717) is 12.1 Å². The molecule has 1 saturated carbocycles. The van der Waals surface area contributed by atoms with E-state index in [1.165, 1.54) is 0 Å². The van der Waals surface area contributed by atoms with Gasteiger partial charge < -0.3 is 10.1 Å². The average Bonchev–Trinajstić information content (AvgIpc) is 2.37. The Morgan fingerprint density at radius 3 is 2.22 bits per heavy atom. The third kappa shape index (κ3) is 3.28. The van der Waals surface area contributed by atoms with Gasteiger partial charge in [-0.1, -0.05) is 23.2 Å². The molecule has 0 saturated heterocycles. The van der Waals surface area contributed by atoms with E-state index in [4.69, 9.17) is 27.9 Å². The van der Waals surface area contributed by atoms with Crippen molar-refractivity contribution in [1.82, 2.24) is 0 Å². The lowest BCUT2D eigenvalue weighted by Crippen LogP contribution is -2.29. The first kappa shape index (κ1) is 13.9. The van der Waals surface area contributed by atoms with E-state index in [-0.39, 0.29) is 10.0 Å². The van der Waals surface area contributed by atoms with Gasteiger partial charge in [0.2, 0.25) is 0 Å². The molecule has 100 valence electrons. The van der Waals surface area contributed by atoms with Gasteiger partial charge in [-0.25, -0.2) is 4.39 Å². The van der Waals surface area contributed by atoms with Crippen molar-refractivity contribution >= 4 is 28.9 Å². The molecule has 2 nitrogen and oxygen atoms in total. The molecule has 0 aromatic heterocycles. The normalized spacial score (nSPS) is 24.0. The average molecular weight is 292 g/mol. The van der Waals surface area contributed by atoms with E-state index in [9.17, 15) is 4.39 Å². The third-order valence-corrected chi connectivity index (χ3v) is 3.91. The fraction of sp³-hybridized carbons (Fsp3) is 0.538. The molecule has 1 aliphatic carbocycles. The summed E-state index contributed by atoms with van der Waals surface area (Å²) in [5.41, 5.74) is 0.771. The van der Waals surface area contributed by atoms with Gasteiger partial charge in [0.1, 0.15) is 0 Å². The molecule has 0 unspecified atom stereocenters. The van der Waals surface area contributed by atoms with Crippen molar-refractivity contribution in [3.8, 4) is 0 Å². The fourth-order valence-corrected chi connectivity index (χ4v) is 2.80. The largest absolute Gasteiger partial charge is 0.382 e. The lowest BCUT2D eigenvalue weighted by atomic mass is 9.93. The number of hydrogen-bond acceptors (Lipinski definition) is 2. The van der Waals surface area contributed by atoms with Crippen LogP contribution < -0.4 is 5.32 Å². The summed E-state index contributed by atoms with van der Waals surface area (Å²) in [4.78, 5) is 0. The molecule has 1 N–H and O–H groups in total. The molecule has 0 spiro atoms. The molecule has 2 rings (SSSR count). The second kappa shape index (κ2) is 6.09. The quantitative estimate of drug-likeness (QED) is 0.828. The number of anilines is 1. The van der Waals surface area contributed by atoms with Crippen molar-refractivity contribution in [3.63, 3.8) is 0 Å². The highest BCUT2D eigenvalue weighted by molar-refractivity contribution is 6.35. The van der Waals surface area contributed by atoms with Gasteiger partial charge in [-0.2, -0.15) is 0 Å². The first-order chi connectivity index (χ1) is 8.60. The van der Waals surface area contributed by atoms with E-state index in [1.54, 1.807) is 19.2 Å². The maximum atomic E-state index is 13.3. The maximum Gasteiger partial charge on any atom is 0.160 e. The van der Waals surface area contributed by atoms with Gasteiger partial charge in [0.05, 0.1) is 16.1 Å². The summed E-state index contributed by atoms with van der Waals surface area (Å²) < 4.78 is 18.6. The highest BCUT2D eigenvalue weighted by atomic mass is 35.5. The van der Waals surface area contributed by atoms with E-state index < -0.39 is 5.82 Å². The third-order valence-electron chi connectivity index (χ3n) is 3.36. The van der Waals surface area contributed by atoms with Crippen LogP contribution in [0, 0.1) is 5.82 Å². The Bertz CT molecular complexity index is 396. The predicted octanol–water partition coefficient (Wildman–Crippen LogP) is 4.50. The molecule has 1 fully saturated rings. The van der Waals surface area contributed by atoms with Crippen LogP contribution in [0.2, 0.25) is 10.0 Å². The molecular formula is C13H16Cl2FNO. The van der Waals surface area contributed by atoms with Gasteiger partial charge in [0.25, 0.3) is 0 Å². The van der Waals surface area contributed by atoms with Crippen molar-refractivity contribution in [3.05, 3.63) is 28.0 Å². The molecular weight excluding hydrogens is 276 g/mol. The molecule has 1 aliphatic rings. The Morgan fingerprint density at radius 1 is 1.17 bits per heavy atom. The van der Waals surface area contributed by atoms with Crippen LogP contribution in [0.15, 0.2) is 12.1 Å². The van der Waals surface area contributed by atoms with E-state index >= 15 is 0 Å². The molecule has 0 bridgehead atoms. The standard InChI is InChI=1S/C13H16Cl2FNO/c1-18-10-4-2-8(3-5-10)17-9-6-11(14)13(16)12(15)7-9/h6-8,10,17H,2-5H2,1H3. The zero-order valence-corrected chi connectivity index (χ0v) is 11.7. The molecule has 5 heteroatoms. The topological polar surface area (TPSA) is 21.3 Å². The monoisotopic (exact) mass is 291 g/mol. The summed E-state index contributed by atoms with van der Waals surface area (Å²) in [6.45, 7) is 0. The molecule has 0 heterocycles. The van der Waals surface area contributed by atoms with Crippen LogP contribution in [0.3, 0.4) is 0 Å². The molecule has 0 amide bonds. The highest BCUT2D eigenvalue weighted by Gasteiger charge is 2.21. The lowest BCUT2D eigenvalue weighted by Gasteiger charge is -2.29. The smallest absolute Gasteiger partial charge is 0.160 e. The second-order valence-electron chi connectivity index (χ2n) is 4.61. The summed E-state index contributed by atoms with van der Waals surface area (Å²) in [5, 5.41) is 3.45. The van der Waals surface area contributed by atoms with Crippen LogP contribution in [-0.2, 0) is 4.74 Å². The minimum Gasteiger partial charge on any atom is -0.382 e. The van der Waals surface area contributed by atoms with Gasteiger partial charge >= 0.3 is 0 Å². The van der Waals surface area contributed by atoms with Crippen LogP contribution in [0.5, 0.6) is 0 Å². The van der Waals surface area contributed by atoms with E-state index in [1.807, 2.05) is 0 Å². The Labute approximate surface area is 116 Å². The molecule has 1 aromatic rings. The number of benzene rings is 1. The Hall–Kier alpha value is -0.510. The lowest BCUT2D eigenvalue weighted by molar-refractivity contribution is 0.0682. The minimum atomic E-state index is -0.563. The highest BCUT2D eigenvalue weighted by Crippen LogP contribution is 2.29. The first-order valence-electron chi connectivity index (χ1n) is 6.04. The number of nitrogens with one attached hydrogen (secondary N) is 1. The van der Waals surface area contributed by atoms with Gasteiger partial charge in [-0.3, -0.25) is 0 Å². The molecule has 1 aromatic carbocycles. The van der Waals surface area contributed by atoms with Crippen LogP contribution in [0.25, 0.3) is 0 Å². The van der Waals surface area contributed by atoms with Gasteiger partial charge in [0.15, 0.2) is 5.82 Å². The number of rotatable bonds is 3. The van der Waals surface area contributed by atoms with Gasteiger partial charge in [0, 0.05) is 18.8 Å². The van der Waals surface area contributed by atoms with Gasteiger partial charge in [-0.05, 0) is 37.8 Å². The summed E-state index contributed by atoms with van der Waals surface area (Å²) in [6.07, 6.45) is 4.51. The van der Waals surface area contributed by atoms with Crippen LogP contribution in [0.1, 0.15) is 25.7 Å². The number of methoxy groups -OCH3 is 1. The Kier molecular flexibility index (Phi) is 4.71. The van der Waals surface area contributed by atoms with E-state index in [2.05, 4.69) is 5.32 Å². The fourth-order valence-electron chi connectivity index (χ4n) is 2.32. The molecule has 0 radical (unpaired) electrons. The minimum absolute atomic E-state index is 0.0515. The zero-order valence-electron chi connectivity index (χ0n) is 10.2. The number of hydrogen-bond donors (Lipinski definition) is 1. The predicted molar refractivity (Wildman–Crippen MR) is 73.1 cm³/mol. The van der Waals surface area contributed by atoms with Crippen molar-refractivity contribution in [2.24, 2.45) is 0 Å². The van der Waals surface area contributed by atoms with Crippen molar-refractivity contribution in [2.45, 2.75) is 37.8 Å². The summed E-state index contributed by atoms with van der Waals surface area (Å²) in [7, 11) is 1.75. The van der Waals surface area contributed by atoms with Gasteiger partial charge in [-0.15, -0.1) is 0 Å². The number of halogens is 3. The van der Waals surface area contributed by atoms with Crippen molar-refractivity contribution < 1.29 is 9.13 Å².